The molecule has 1 N–H and O–H groups in total. The summed E-state index contributed by atoms with van der Waals surface area (Å²) in [5.74, 6) is 0.194. The SMILES string of the molecule is CCCNC1(C(=O)OC)CCCC1CCn1cc(Br)cn1. The molecule has 2 rings (SSSR count). The van der Waals surface area contributed by atoms with Gasteiger partial charge in [0.2, 0.25) is 0 Å². The number of ether oxygens (including phenoxy) is 1. The number of methoxy groups -OCH3 is 1. The van der Waals surface area contributed by atoms with Crippen LogP contribution in [0.5, 0.6) is 0 Å². The molecule has 6 heteroatoms. The second kappa shape index (κ2) is 7.40. The highest BCUT2D eigenvalue weighted by Gasteiger charge is 2.49. The lowest BCUT2D eigenvalue weighted by Crippen LogP contribution is -2.55. The lowest BCUT2D eigenvalue weighted by molar-refractivity contribution is -0.150. The molecule has 5 nitrogen and oxygen atoms in total. The highest BCUT2D eigenvalue weighted by molar-refractivity contribution is 9.10. The monoisotopic (exact) mass is 357 g/mol. The summed E-state index contributed by atoms with van der Waals surface area (Å²) in [5.41, 5.74) is -0.505. The molecule has 1 fully saturated rings. The Morgan fingerprint density at radius 3 is 3.10 bits per heavy atom. The van der Waals surface area contributed by atoms with Gasteiger partial charge in [0.05, 0.1) is 17.8 Å². The molecule has 118 valence electrons. The van der Waals surface area contributed by atoms with Crippen LogP contribution >= 0.6 is 15.9 Å². The maximum absolute atomic E-state index is 12.4. The minimum absolute atomic E-state index is 0.111. The molecule has 0 bridgehead atoms. The summed E-state index contributed by atoms with van der Waals surface area (Å²) in [6, 6.07) is 0. The number of hydrogen-bond donors (Lipinski definition) is 1. The molecular formula is C15H24BrN3O2. The Kier molecular flexibility index (Phi) is 5.81. The lowest BCUT2D eigenvalue weighted by atomic mass is 9.84. The van der Waals surface area contributed by atoms with Gasteiger partial charge in [0.1, 0.15) is 5.54 Å². The Hall–Kier alpha value is -0.880. The van der Waals surface area contributed by atoms with Crippen molar-refractivity contribution in [1.29, 1.82) is 0 Å². The van der Waals surface area contributed by atoms with Gasteiger partial charge in [-0.2, -0.15) is 5.10 Å². The fourth-order valence-electron chi connectivity index (χ4n) is 3.32. The Balaban J connectivity index is 2.05. The summed E-state index contributed by atoms with van der Waals surface area (Å²) in [6.07, 6.45) is 8.70. The van der Waals surface area contributed by atoms with Crippen molar-refractivity contribution in [2.75, 3.05) is 13.7 Å². The van der Waals surface area contributed by atoms with Crippen molar-refractivity contribution in [2.24, 2.45) is 5.92 Å². The molecule has 0 amide bonds. The summed E-state index contributed by atoms with van der Waals surface area (Å²) < 4.78 is 7.99. The first-order valence-electron chi connectivity index (χ1n) is 7.63. The summed E-state index contributed by atoms with van der Waals surface area (Å²) >= 11 is 3.41. The number of nitrogens with one attached hydrogen (secondary N) is 1. The fourth-order valence-corrected chi connectivity index (χ4v) is 3.65. The van der Waals surface area contributed by atoms with E-state index < -0.39 is 5.54 Å². The van der Waals surface area contributed by atoms with Crippen LogP contribution in [0.3, 0.4) is 0 Å². The van der Waals surface area contributed by atoms with E-state index in [4.69, 9.17) is 4.74 Å². The average molecular weight is 358 g/mol. The van der Waals surface area contributed by atoms with E-state index in [0.717, 1.165) is 49.7 Å². The van der Waals surface area contributed by atoms with Crippen LogP contribution in [0.25, 0.3) is 0 Å². The van der Waals surface area contributed by atoms with E-state index in [1.165, 1.54) is 7.11 Å². The Labute approximate surface area is 134 Å². The maximum Gasteiger partial charge on any atom is 0.326 e. The van der Waals surface area contributed by atoms with Gasteiger partial charge in [-0.25, -0.2) is 0 Å². The number of carbonyl (C=O) groups is 1. The van der Waals surface area contributed by atoms with Crippen LogP contribution in [0.15, 0.2) is 16.9 Å². The van der Waals surface area contributed by atoms with Gasteiger partial charge in [-0.1, -0.05) is 13.3 Å². The lowest BCUT2D eigenvalue weighted by Gasteiger charge is -2.34. The number of carbonyl (C=O) groups excluding carboxylic acids is 1. The highest BCUT2D eigenvalue weighted by atomic mass is 79.9. The van der Waals surface area contributed by atoms with E-state index in [-0.39, 0.29) is 5.97 Å². The fraction of sp³-hybridized carbons (Fsp3) is 0.733. The van der Waals surface area contributed by atoms with Crippen LogP contribution in [0.4, 0.5) is 0 Å². The molecule has 1 aliphatic carbocycles. The van der Waals surface area contributed by atoms with E-state index in [2.05, 4.69) is 33.3 Å². The van der Waals surface area contributed by atoms with Gasteiger partial charge in [0, 0.05) is 12.7 Å². The van der Waals surface area contributed by atoms with Crippen LogP contribution in [0.2, 0.25) is 0 Å². The summed E-state index contributed by atoms with van der Waals surface area (Å²) in [4.78, 5) is 12.4. The average Bonchev–Trinajstić information content (AvgIpc) is 3.09. The largest absolute Gasteiger partial charge is 0.468 e. The van der Waals surface area contributed by atoms with Gasteiger partial charge in [0.15, 0.2) is 0 Å². The number of hydrogen-bond acceptors (Lipinski definition) is 4. The van der Waals surface area contributed by atoms with Crippen molar-refractivity contribution in [1.82, 2.24) is 15.1 Å². The molecule has 2 unspecified atom stereocenters. The second-order valence-electron chi connectivity index (χ2n) is 5.69. The smallest absolute Gasteiger partial charge is 0.326 e. The molecule has 1 aromatic heterocycles. The molecule has 1 saturated carbocycles. The van der Waals surface area contributed by atoms with Crippen LogP contribution in [0.1, 0.15) is 39.0 Å². The maximum atomic E-state index is 12.4. The molecule has 1 heterocycles. The van der Waals surface area contributed by atoms with Gasteiger partial charge in [0.25, 0.3) is 0 Å². The normalized spacial score (nSPS) is 25.2. The van der Waals surface area contributed by atoms with Gasteiger partial charge in [-0.05, 0) is 54.1 Å². The zero-order chi connectivity index (χ0) is 15.3. The molecule has 21 heavy (non-hydrogen) atoms. The van der Waals surface area contributed by atoms with E-state index >= 15 is 0 Å². The zero-order valence-electron chi connectivity index (χ0n) is 12.8. The van der Waals surface area contributed by atoms with Crippen LogP contribution < -0.4 is 5.32 Å². The van der Waals surface area contributed by atoms with Crippen molar-refractivity contribution in [2.45, 2.75) is 51.1 Å². The number of esters is 1. The van der Waals surface area contributed by atoms with Crippen molar-refractivity contribution >= 4 is 21.9 Å². The molecule has 0 saturated heterocycles. The minimum Gasteiger partial charge on any atom is -0.468 e. The van der Waals surface area contributed by atoms with Crippen molar-refractivity contribution in [3.63, 3.8) is 0 Å². The van der Waals surface area contributed by atoms with Crippen LogP contribution in [0, 0.1) is 5.92 Å². The molecular weight excluding hydrogens is 334 g/mol. The summed E-state index contributed by atoms with van der Waals surface area (Å²) in [6.45, 7) is 3.78. The Morgan fingerprint density at radius 1 is 1.67 bits per heavy atom. The van der Waals surface area contributed by atoms with Crippen molar-refractivity contribution in [3.05, 3.63) is 16.9 Å². The number of aryl methyl sites for hydroxylation is 1. The van der Waals surface area contributed by atoms with Crippen LogP contribution in [-0.2, 0) is 16.1 Å². The standard InChI is InChI=1S/C15H24BrN3O2/c1-3-8-17-15(14(20)21-2)7-4-5-12(15)6-9-19-11-13(16)10-18-19/h10-12,17H,3-9H2,1-2H3. The first-order valence-corrected chi connectivity index (χ1v) is 8.43. The molecule has 0 spiro atoms. The molecule has 1 aromatic rings. The highest BCUT2D eigenvalue weighted by Crippen LogP contribution is 2.39. The van der Waals surface area contributed by atoms with Crippen molar-refractivity contribution < 1.29 is 9.53 Å². The third-order valence-corrected chi connectivity index (χ3v) is 4.78. The first kappa shape index (κ1) is 16.5. The zero-order valence-corrected chi connectivity index (χ0v) is 14.4. The Bertz CT molecular complexity index is 477. The van der Waals surface area contributed by atoms with Gasteiger partial charge < -0.3 is 10.1 Å². The summed E-state index contributed by atoms with van der Waals surface area (Å²) in [7, 11) is 1.48. The van der Waals surface area contributed by atoms with Gasteiger partial charge in [-0.15, -0.1) is 0 Å². The van der Waals surface area contributed by atoms with Crippen LogP contribution in [-0.4, -0.2) is 34.9 Å². The number of nitrogens with zero attached hydrogens (tertiary/aromatic N) is 2. The second-order valence-corrected chi connectivity index (χ2v) is 6.60. The number of rotatable bonds is 7. The number of aromatic nitrogens is 2. The predicted octanol–water partition coefficient (Wildman–Crippen LogP) is 2.75. The topological polar surface area (TPSA) is 56.1 Å². The quantitative estimate of drug-likeness (QED) is 0.762. The van der Waals surface area contributed by atoms with Gasteiger partial charge >= 0.3 is 5.97 Å². The third kappa shape index (κ3) is 3.66. The van der Waals surface area contributed by atoms with Gasteiger partial charge in [-0.3, -0.25) is 9.48 Å². The molecule has 2 atom stereocenters. The molecule has 0 radical (unpaired) electrons. The molecule has 1 aliphatic rings. The Morgan fingerprint density at radius 2 is 2.48 bits per heavy atom. The van der Waals surface area contributed by atoms with E-state index in [1.807, 2.05) is 10.9 Å². The third-order valence-electron chi connectivity index (χ3n) is 4.37. The summed E-state index contributed by atoms with van der Waals surface area (Å²) in [5, 5.41) is 7.76. The van der Waals surface area contributed by atoms with E-state index in [9.17, 15) is 4.79 Å². The molecule has 0 aromatic carbocycles. The minimum atomic E-state index is -0.505. The van der Waals surface area contributed by atoms with Crippen molar-refractivity contribution in [3.8, 4) is 0 Å². The number of halogens is 1. The van der Waals surface area contributed by atoms with E-state index in [0.29, 0.717) is 5.92 Å². The first-order chi connectivity index (χ1) is 10.1. The molecule has 0 aliphatic heterocycles. The van der Waals surface area contributed by atoms with E-state index in [1.54, 1.807) is 6.20 Å². The predicted molar refractivity (Wildman–Crippen MR) is 84.9 cm³/mol.